The summed E-state index contributed by atoms with van der Waals surface area (Å²) in [5, 5.41) is 3.50. The fourth-order valence-electron chi connectivity index (χ4n) is 1.87. The number of carbonyl (C=O) groups excluding carboxylic acids is 1. The first kappa shape index (κ1) is 16.4. The molecule has 0 saturated carbocycles. The van der Waals surface area contributed by atoms with Crippen LogP contribution in [-0.2, 0) is 15.5 Å². The van der Waals surface area contributed by atoms with Crippen LogP contribution in [-0.4, -0.2) is 58.0 Å². The van der Waals surface area contributed by atoms with E-state index in [0.29, 0.717) is 6.54 Å². The van der Waals surface area contributed by atoms with E-state index in [9.17, 15) is 9.00 Å². The zero-order valence-electron chi connectivity index (χ0n) is 12.6. The molecule has 0 aromatic rings. The highest BCUT2D eigenvalue weighted by Crippen LogP contribution is 2.15. The van der Waals surface area contributed by atoms with Crippen molar-refractivity contribution < 1.29 is 13.7 Å². The van der Waals surface area contributed by atoms with Gasteiger partial charge in [0.15, 0.2) is 0 Å². The molecule has 0 aliphatic carbocycles. The molecular formula is C13H26N2O3S. The predicted octanol–water partition coefficient (Wildman–Crippen LogP) is 1.35. The molecule has 1 aliphatic heterocycles. The third kappa shape index (κ3) is 5.91. The van der Waals surface area contributed by atoms with Crippen molar-refractivity contribution in [3.8, 4) is 0 Å². The summed E-state index contributed by atoms with van der Waals surface area (Å²) in [5.41, 5.74) is -0.448. The molecule has 1 fully saturated rings. The second-order valence-electron chi connectivity index (χ2n) is 6.13. The standard InChI is InChI=1S/C13H26N2O3S/c1-10(19(5)17)8-14-11-6-7-15(9-11)12(16)18-13(2,3)4/h10-11,14H,6-9H2,1-5H3. The van der Waals surface area contributed by atoms with E-state index < -0.39 is 16.4 Å². The molecule has 0 bridgehead atoms. The molecule has 3 atom stereocenters. The van der Waals surface area contributed by atoms with Crippen LogP contribution in [0.1, 0.15) is 34.1 Å². The van der Waals surface area contributed by atoms with Crippen LogP contribution in [0, 0.1) is 0 Å². The number of nitrogens with one attached hydrogen (secondary N) is 1. The van der Waals surface area contributed by atoms with Crippen LogP contribution >= 0.6 is 0 Å². The predicted molar refractivity (Wildman–Crippen MR) is 77.7 cm³/mol. The highest BCUT2D eigenvalue weighted by atomic mass is 32.2. The molecule has 0 radical (unpaired) electrons. The third-order valence-electron chi connectivity index (χ3n) is 3.10. The van der Waals surface area contributed by atoms with E-state index in [1.165, 1.54) is 0 Å². The Hall–Kier alpha value is -0.620. The van der Waals surface area contributed by atoms with Crippen LogP contribution in [0.5, 0.6) is 0 Å². The number of hydrogen-bond donors (Lipinski definition) is 1. The zero-order chi connectivity index (χ0) is 14.6. The Morgan fingerprint density at radius 1 is 1.53 bits per heavy atom. The van der Waals surface area contributed by atoms with Gasteiger partial charge in [0.05, 0.1) is 0 Å². The molecule has 0 spiro atoms. The van der Waals surface area contributed by atoms with Gasteiger partial charge >= 0.3 is 6.09 Å². The van der Waals surface area contributed by atoms with Gasteiger partial charge in [-0.1, -0.05) is 0 Å². The molecule has 19 heavy (non-hydrogen) atoms. The van der Waals surface area contributed by atoms with E-state index in [1.807, 2.05) is 27.7 Å². The van der Waals surface area contributed by atoms with Gasteiger partial charge in [-0.2, -0.15) is 0 Å². The maximum Gasteiger partial charge on any atom is 0.410 e. The highest BCUT2D eigenvalue weighted by Gasteiger charge is 2.29. The summed E-state index contributed by atoms with van der Waals surface area (Å²) < 4.78 is 16.6. The van der Waals surface area contributed by atoms with Gasteiger partial charge in [-0.3, -0.25) is 4.21 Å². The number of hydrogen-bond acceptors (Lipinski definition) is 4. The first-order valence-electron chi connectivity index (χ1n) is 6.72. The van der Waals surface area contributed by atoms with Gasteiger partial charge in [-0.25, -0.2) is 4.79 Å². The molecule has 0 aromatic heterocycles. The first-order valence-corrected chi connectivity index (χ1v) is 8.34. The molecule has 1 saturated heterocycles. The lowest BCUT2D eigenvalue weighted by molar-refractivity contribution is 0.0291. The third-order valence-corrected chi connectivity index (χ3v) is 4.40. The van der Waals surface area contributed by atoms with Crippen LogP contribution in [0.15, 0.2) is 0 Å². The fourth-order valence-corrected chi connectivity index (χ4v) is 2.20. The summed E-state index contributed by atoms with van der Waals surface area (Å²) in [6.45, 7) is 9.67. The summed E-state index contributed by atoms with van der Waals surface area (Å²) >= 11 is 0. The first-order chi connectivity index (χ1) is 8.69. The Labute approximate surface area is 118 Å². The number of amides is 1. The minimum atomic E-state index is -0.809. The van der Waals surface area contributed by atoms with E-state index in [4.69, 9.17) is 4.74 Å². The maximum atomic E-state index is 11.9. The lowest BCUT2D eigenvalue weighted by Gasteiger charge is -2.24. The van der Waals surface area contributed by atoms with E-state index in [1.54, 1.807) is 11.2 Å². The molecule has 1 rings (SSSR count). The highest BCUT2D eigenvalue weighted by molar-refractivity contribution is 7.84. The van der Waals surface area contributed by atoms with Gasteiger partial charge in [-0.05, 0) is 34.1 Å². The van der Waals surface area contributed by atoms with Gasteiger partial charge in [0, 0.05) is 48.0 Å². The minimum absolute atomic E-state index is 0.135. The quantitative estimate of drug-likeness (QED) is 0.849. The number of carbonyl (C=O) groups is 1. The van der Waals surface area contributed by atoms with Crippen molar-refractivity contribution in [1.29, 1.82) is 0 Å². The van der Waals surface area contributed by atoms with Crippen LogP contribution in [0.3, 0.4) is 0 Å². The molecule has 6 heteroatoms. The van der Waals surface area contributed by atoms with Crippen molar-refractivity contribution in [2.45, 2.75) is 51.0 Å². The summed E-state index contributed by atoms with van der Waals surface area (Å²) in [6.07, 6.45) is 2.39. The second-order valence-corrected chi connectivity index (χ2v) is 7.93. The normalized spacial score (nSPS) is 23.2. The Kier molecular flexibility index (Phi) is 5.80. The van der Waals surface area contributed by atoms with Crippen molar-refractivity contribution in [2.24, 2.45) is 0 Å². The topological polar surface area (TPSA) is 58.6 Å². The lowest BCUT2D eigenvalue weighted by Crippen LogP contribution is -2.40. The largest absolute Gasteiger partial charge is 0.444 e. The number of nitrogens with zero attached hydrogens (tertiary/aromatic N) is 1. The van der Waals surface area contributed by atoms with E-state index in [0.717, 1.165) is 19.5 Å². The second kappa shape index (κ2) is 6.70. The monoisotopic (exact) mass is 290 g/mol. The fraction of sp³-hybridized carbons (Fsp3) is 0.923. The molecule has 1 N–H and O–H groups in total. The molecule has 112 valence electrons. The molecule has 1 aliphatic rings. The van der Waals surface area contributed by atoms with Gasteiger partial charge in [0.25, 0.3) is 0 Å². The Balaban J connectivity index is 2.33. The van der Waals surface area contributed by atoms with Crippen molar-refractivity contribution in [3.05, 3.63) is 0 Å². The summed E-state index contributed by atoms with van der Waals surface area (Å²) in [4.78, 5) is 13.6. The molecule has 1 heterocycles. The van der Waals surface area contributed by atoms with Gasteiger partial charge in [0.1, 0.15) is 5.60 Å². The summed E-state index contributed by atoms with van der Waals surface area (Å²) in [5.74, 6) is 0. The van der Waals surface area contributed by atoms with E-state index in [2.05, 4.69) is 5.32 Å². The summed E-state index contributed by atoms with van der Waals surface area (Å²) in [7, 11) is -0.809. The van der Waals surface area contributed by atoms with Crippen molar-refractivity contribution >= 4 is 16.9 Å². The Morgan fingerprint density at radius 3 is 2.68 bits per heavy atom. The summed E-state index contributed by atoms with van der Waals surface area (Å²) in [6, 6.07) is 0.276. The zero-order valence-corrected chi connectivity index (χ0v) is 13.4. The van der Waals surface area contributed by atoms with Gasteiger partial charge in [-0.15, -0.1) is 0 Å². The van der Waals surface area contributed by atoms with E-state index in [-0.39, 0.29) is 17.4 Å². The van der Waals surface area contributed by atoms with Crippen LogP contribution in [0.25, 0.3) is 0 Å². The number of rotatable bonds is 4. The Bertz CT molecular complexity index is 341. The number of likely N-dealkylation sites (tertiary alicyclic amines) is 1. The average Bonchev–Trinajstić information content (AvgIpc) is 2.71. The maximum absolute atomic E-state index is 11.9. The molecule has 1 amide bonds. The molecule has 0 aromatic carbocycles. The molecular weight excluding hydrogens is 264 g/mol. The molecule has 5 nitrogen and oxygen atoms in total. The van der Waals surface area contributed by atoms with E-state index >= 15 is 0 Å². The number of ether oxygens (including phenoxy) is 1. The van der Waals surface area contributed by atoms with Crippen LogP contribution < -0.4 is 5.32 Å². The van der Waals surface area contributed by atoms with Crippen LogP contribution in [0.4, 0.5) is 4.79 Å². The Morgan fingerprint density at radius 2 is 2.16 bits per heavy atom. The minimum Gasteiger partial charge on any atom is -0.444 e. The van der Waals surface area contributed by atoms with Crippen molar-refractivity contribution in [2.75, 3.05) is 25.9 Å². The van der Waals surface area contributed by atoms with Crippen molar-refractivity contribution in [3.63, 3.8) is 0 Å². The van der Waals surface area contributed by atoms with Gasteiger partial charge < -0.3 is 15.0 Å². The smallest absolute Gasteiger partial charge is 0.410 e. The van der Waals surface area contributed by atoms with Crippen LogP contribution in [0.2, 0.25) is 0 Å². The SMILES string of the molecule is CC(CNC1CCN(C(=O)OC(C)(C)C)C1)S(C)=O. The lowest BCUT2D eigenvalue weighted by atomic mass is 10.2. The molecule has 3 unspecified atom stereocenters. The van der Waals surface area contributed by atoms with Crippen molar-refractivity contribution in [1.82, 2.24) is 10.2 Å². The average molecular weight is 290 g/mol. The van der Waals surface area contributed by atoms with Gasteiger partial charge in [0.2, 0.25) is 0 Å².